The SMILES string of the molecule is O=C(CNc1ccc(F)c(F)c1)N1CCN(C(=O)c2ccco2)CC1. The fraction of sp³-hybridized carbons (Fsp3) is 0.294. The second-order valence-corrected chi connectivity index (χ2v) is 5.63. The van der Waals surface area contributed by atoms with Gasteiger partial charge in [0.1, 0.15) is 0 Å². The monoisotopic (exact) mass is 349 g/mol. The third kappa shape index (κ3) is 3.96. The molecule has 0 atom stereocenters. The first-order chi connectivity index (χ1) is 12.0. The van der Waals surface area contributed by atoms with Crippen LogP contribution in [0.5, 0.6) is 0 Å². The number of furan rings is 1. The Morgan fingerprint density at radius 2 is 1.76 bits per heavy atom. The maximum absolute atomic E-state index is 13.1. The van der Waals surface area contributed by atoms with E-state index in [1.807, 2.05) is 0 Å². The highest BCUT2D eigenvalue weighted by molar-refractivity contribution is 5.91. The van der Waals surface area contributed by atoms with E-state index in [1.165, 1.54) is 12.3 Å². The molecule has 0 radical (unpaired) electrons. The number of hydrogen-bond acceptors (Lipinski definition) is 4. The van der Waals surface area contributed by atoms with Crippen molar-refractivity contribution in [1.29, 1.82) is 0 Å². The van der Waals surface area contributed by atoms with Gasteiger partial charge in [-0.1, -0.05) is 0 Å². The summed E-state index contributed by atoms with van der Waals surface area (Å²) in [6, 6.07) is 6.62. The van der Waals surface area contributed by atoms with Gasteiger partial charge in [0.2, 0.25) is 5.91 Å². The van der Waals surface area contributed by atoms with Crippen molar-refractivity contribution in [2.24, 2.45) is 0 Å². The fourth-order valence-corrected chi connectivity index (χ4v) is 2.61. The summed E-state index contributed by atoms with van der Waals surface area (Å²) in [6.45, 7) is 1.61. The second kappa shape index (κ2) is 7.33. The van der Waals surface area contributed by atoms with Gasteiger partial charge in [-0.15, -0.1) is 0 Å². The first kappa shape index (κ1) is 16.9. The largest absolute Gasteiger partial charge is 0.459 e. The highest BCUT2D eigenvalue weighted by Crippen LogP contribution is 2.13. The highest BCUT2D eigenvalue weighted by Gasteiger charge is 2.25. The molecular formula is C17H17F2N3O3. The fourth-order valence-electron chi connectivity index (χ4n) is 2.61. The lowest BCUT2D eigenvalue weighted by Gasteiger charge is -2.34. The van der Waals surface area contributed by atoms with E-state index in [0.717, 1.165) is 12.1 Å². The molecule has 1 aromatic heterocycles. The molecule has 0 bridgehead atoms. The van der Waals surface area contributed by atoms with E-state index in [-0.39, 0.29) is 24.1 Å². The average Bonchev–Trinajstić information content (AvgIpc) is 3.16. The standard InChI is InChI=1S/C17H17F2N3O3/c18-13-4-3-12(10-14(13)19)20-11-16(23)21-5-7-22(8-6-21)17(24)15-2-1-9-25-15/h1-4,9-10,20H,5-8,11H2. The summed E-state index contributed by atoms with van der Waals surface area (Å²) >= 11 is 0. The zero-order chi connectivity index (χ0) is 17.8. The molecule has 0 aliphatic carbocycles. The van der Waals surface area contributed by atoms with Gasteiger partial charge in [0.15, 0.2) is 17.4 Å². The lowest BCUT2D eigenvalue weighted by atomic mass is 10.2. The molecule has 2 heterocycles. The summed E-state index contributed by atoms with van der Waals surface area (Å²) < 4.78 is 31.1. The molecule has 2 amide bonds. The number of benzene rings is 1. The Morgan fingerprint density at radius 3 is 2.40 bits per heavy atom. The predicted molar refractivity (Wildman–Crippen MR) is 86.0 cm³/mol. The molecule has 1 fully saturated rings. The van der Waals surface area contributed by atoms with Gasteiger partial charge in [0, 0.05) is 37.9 Å². The van der Waals surface area contributed by atoms with Gasteiger partial charge in [-0.05, 0) is 24.3 Å². The van der Waals surface area contributed by atoms with Crippen LogP contribution < -0.4 is 5.32 Å². The molecule has 1 aliphatic heterocycles. The topological polar surface area (TPSA) is 65.8 Å². The molecule has 2 aromatic rings. The minimum atomic E-state index is -0.970. The van der Waals surface area contributed by atoms with Crippen LogP contribution in [0.15, 0.2) is 41.0 Å². The van der Waals surface area contributed by atoms with Crippen LogP contribution in [0.1, 0.15) is 10.6 Å². The minimum Gasteiger partial charge on any atom is -0.459 e. The van der Waals surface area contributed by atoms with Crippen LogP contribution in [0.2, 0.25) is 0 Å². The van der Waals surface area contributed by atoms with Gasteiger partial charge in [-0.2, -0.15) is 0 Å². The van der Waals surface area contributed by atoms with Crippen LogP contribution >= 0.6 is 0 Å². The van der Waals surface area contributed by atoms with Crippen molar-refractivity contribution in [1.82, 2.24) is 9.80 Å². The van der Waals surface area contributed by atoms with E-state index in [2.05, 4.69) is 5.32 Å². The van der Waals surface area contributed by atoms with Gasteiger partial charge in [0.25, 0.3) is 5.91 Å². The maximum Gasteiger partial charge on any atom is 0.289 e. The third-order valence-corrected chi connectivity index (χ3v) is 4.01. The van der Waals surface area contributed by atoms with Gasteiger partial charge in [-0.25, -0.2) is 8.78 Å². The summed E-state index contributed by atoms with van der Waals surface area (Å²) in [6.07, 6.45) is 1.44. The van der Waals surface area contributed by atoms with Crippen LogP contribution in [0.4, 0.5) is 14.5 Å². The summed E-state index contributed by atoms with van der Waals surface area (Å²) in [5, 5.41) is 2.77. The Balaban J connectivity index is 1.48. The van der Waals surface area contributed by atoms with Crippen LogP contribution in [-0.2, 0) is 4.79 Å². The number of carbonyl (C=O) groups is 2. The maximum atomic E-state index is 13.1. The molecule has 1 aliphatic rings. The Hall–Kier alpha value is -2.90. The van der Waals surface area contributed by atoms with Gasteiger partial charge in [-0.3, -0.25) is 9.59 Å². The lowest BCUT2D eigenvalue weighted by molar-refractivity contribution is -0.130. The molecule has 3 rings (SSSR count). The normalized spacial score (nSPS) is 14.5. The van der Waals surface area contributed by atoms with Crippen LogP contribution in [0.25, 0.3) is 0 Å². The average molecular weight is 349 g/mol. The van der Waals surface area contributed by atoms with Crippen molar-refractivity contribution in [3.8, 4) is 0 Å². The second-order valence-electron chi connectivity index (χ2n) is 5.63. The number of hydrogen-bond donors (Lipinski definition) is 1. The zero-order valence-corrected chi connectivity index (χ0v) is 13.4. The smallest absolute Gasteiger partial charge is 0.289 e. The van der Waals surface area contributed by atoms with E-state index >= 15 is 0 Å². The number of rotatable bonds is 4. The summed E-state index contributed by atoms with van der Waals surface area (Å²) in [5.41, 5.74) is 0.332. The predicted octanol–water partition coefficient (Wildman–Crippen LogP) is 1.95. The molecule has 25 heavy (non-hydrogen) atoms. The van der Waals surface area contributed by atoms with Crippen molar-refractivity contribution >= 4 is 17.5 Å². The van der Waals surface area contributed by atoms with Gasteiger partial charge < -0.3 is 19.5 Å². The van der Waals surface area contributed by atoms with Crippen LogP contribution in [-0.4, -0.2) is 54.3 Å². The number of nitrogens with zero attached hydrogens (tertiary/aromatic N) is 2. The highest BCUT2D eigenvalue weighted by atomic mass is 19.2. The first-order valence-electron chi connectivity index (χ1n) is 7.84. The van der Waals surface area contributed by atoms with E-state index in [0.29, 0.717) is 31.9 Å². The molecular weight excluding hydrogens is 332 g/mol. The zero-order valence-electron chi connectivity index (χ0n) is 13.4. The molecule has 0 saturated carbocycles. The molecule has 1 saturated heterocycles. The van der Waals surface area contributed by atoms with Crippen LogP contribution in [0.3, 0.4) is 0 Å². The molecule has 0 spiro atoms. The summed E-state index contributed by atoms with van der Waals surface area (Å²) in [5.74, 6) is -2.00. The van der Waals surface area contributed by atoms with E-state index < -0.39 is 11.6 Å². The number of piperazine rings is 1. The van der Waals surface area contributed by atoms with Crippen molar-refractivity contribution < 1.29 is 22.8 Å². The number of carbonyl (C=O) groups excluding carboxylic acids is 2. The Bertz CT molecular complexity index is 757. The molecule has 132 valence electrons. The lowest BCUT2D eigenvalue weighted by Crippen LogP contribution is -2.51. The molecule has 8 heteroatoms. The van der Waals surface area contributed by atoms with Crippen LogP contribution in [0, 0.1) is 11.6 Å². The number of halogens is 2. The minimum absolute atomic E-state index is 0.0306. The van der Waals surface area contributed by atoms with Crippen molar-refractivity contribution in [3.05, 3.63) is 54.0 Å². The van der Waals surface area contributed by atoms with Crippen molar-refractivity contribution in [3.63, 3.8) is 0 Å². The van der Waals surface area contributed by atoms with E-state index in [1.54, 1.807) is 21.9 Å². The first-order valence-corrected chi connectivity index (χ1v) is 7.84. The van der Waals surface area contributed by atoms with Crippen molar-refractivity contribution in [2.45, 2.75) is 0 Å². The number of amides is 2. The number of anilines is 1. The Morgan fingerprint density at radius 1 is 1.04 bits per heavy atom. The van der Waals surface area contributed by atoms with Crippen molar-refractivity contribution in [2.75, 3.05) is 38.0 Å². The van der Waals surface area contributed by atoms with Gasteiger partial charge >= 0.3 is 0 Å². The Kier molecular flexibility index (Phi) is 4.97. The Labute approximate surface area is 143 Å². The molecule has 6 nitrogen and oxygen atoms in total. The molecule has 1 N–H and O–H groups in total. The summed E-state index contributed by atoms with van der Waals surface area (Å²) in [4.78, 5) is 27.6. The molecule has 1 aromatic carbocycles. The third-order valence-electron chi connectivity index (χ3n) is 4.01. The molecule has 0 unspecified atom stereocenters. The van der Waals surface area contributed by atoms with Gasteiger partial charge in [0.05, 0.1) is 12.8 Å². The number of nitrogens with one attached hydrogen (secondary N) is 1. The van der Waals surface area contributed by atoms with E-state index in [4.69, 9.17) is 4.42 Å². The summed E-state index contributed by atoms with van der Waals surface area (Å²) in [7, 11) is 0. The quantitative estimate of drug-likeness (QED) is 0.916. The van der Waals surface area contributed by atoms with E-state index in [9.17, 15) is 18.4 Å².